The van der Waals surface area contributed by atoms with Crippen molar-refractivity contribution in [2.45, 2.75) is 37.4 Å². The number of benzene rings is 4. The van der Waals surface area contributed by atoms with Crippen LogP contribution in [0.25, 0.3) is 10.8 Å². The summed E-state index contributed by atoms with van der Waals surface area (Å²) in [5, 5.41) is 16.4. The van der Waals surface area contributed by atoms with Gasteiger partial charge in [0, 0.05) is 43.5 Å². The number of nitrogens with one attached hydrogen (secondary N) is 1. The maximum absolute atomic E-state index is 11.0. The van der Waals surface area contributed by atoms with Crippen LogP contribution in [0.2, 0.25) is 0 Å². The second kappa shape index (κ2) is 14.4. The van der Waals surface area contributed by atoms with Gasteiger partial charge in [-0.15, -0.1) is 0 Å². The van der Waals surface area contributed by atoms with Gasteiger partial charge in [-0.1, -0.05) is 66.7 Å². The molecule has 1 aliphatic rings. The maximum atomic E-state index is 11.0. The lowest BCUT2D eigenvalue weighted by Crippen LogP contribution is -2.50. The minimum atomic E-state index is -0.625. The standard InChI is InChI=1S/C34H39NO6/c1-37-31-20-27(19-26-11-6-7-12-29(26)31)34(38-2)41-32-22-35-21-30(36)33(32)25-13-15-28(16-14-25)40-18-8-17-39-23-24-9-4-3-5-10-24/h3-7,9-16,19-20,30,32-36H,8,17-18,21-23H2,1-2H3. The van der Waals surface area contributed by atoms with Gasteiger partial charge in [-0.25, -0.2) is 0 Å². The third-order valence-corrected chi connectivity index (χ3v) is 7.44. The first kappa shape index (κ1) is 29.0. The minimum Gasteiger partial charge on any atom is -0.496 e. The molecule has 0 spiro atoms. The van der Waals surface area contributed by atoms with Crippen LogP contribution in [0.4, 0.5) is 0 Å². The van der Waals surface area contributed by atoms with Gasteiger partial charge in [-0.3, -0.25) is 0 Å². The van der Waals surface area contributed by atoms with Crippen molar-refractivity contribution >= 4 is 10.8 Å². The Morgan fingerprint density at radius 2 is 1.66 bits per heavy atom. The molecule has 0 bridgehead atoms. The van der Waals surface area contributed by atoms with E-state index in [9.17, 15) is 5.11 Å². The van der Waals surface area contributed by atoms with Crippen LogP contribution >= 0.6 is 0 Å². The van der Waals surface area contributed by atoms with Gasteiger partial charge in [0.1, 0.15) is 11.5 Å². The van der Waals surface area contributed by atoms with E-state index in [1.54, 1.807) is 14.2 Å². The van der Waals surface area contributed by atoms with Gasteiger partial charge in [0.15, 0.2) is 6.29 Å². The van der Waals surface area contributed by atoms with Crippen molar-refractivity contribution < 1.29 is 28.8 Å². The fraction of sp³-hybridized carbons (Fsp3) is 0.353. The Morgan fingerprint density at radius 1 is 0.878 bits per heavy atom. The summed E-state index contributed by atoms with van der Waals surface area (Å²) >= 11 is 0. The topological polar surface area (TPSA) is 78.4 Å². The van der Waals surface area contributed by atoms with Crippen LogP contribution in [0.1, 0.15) is 35.3 Å². The Bertz CT molecular complexity index is 1360. The van der Waals surface area contributed by atoms with Gasteiger partial charge in [0.05, 0.1) is 39.1 Å². The van der Waals surface area contributed by atoms with Crippen molar-refractivity contribution in [1.82, 2.24) is 5.32 Å². The number of methoxy groups -OCH3 is 2. The molecular formula is C34H39NO6. The summed E-state index contributed by atoms with van der Waals surface area (Å²) in [6.07, 6.45) is -0.740. The number of piperidine rings is 1. The molecule has 0 aromatic heterocycles. The first-order chi connectivity index (χ1) is 20.2. The summed E-state index contributed by atoms with van der Waals surface area (Å²) in [6, 6.07) is 30.2. The number of hydrogen-bond acceptors (Lipinski definition) is 7. The molecule has 0 aliphatic carbocycles. The van der Waals surface area contributed by atoms with E-state index < -0.39 is 12.4 Å². The molecule has 4 aromatic carbocycles. The number of aliphatic hydroxyl groups excluding tert-OH is 1. The van der Waals surface area contributed by atoms with Crippen LogP contribution in [-0.4, -0.2) is 57.8 Å². The van der Waals surface area contributed by atoms with E-state index in [4.69, 9.17) is 23.7 Å². The average Bonchev–Trinajstić information content (AvgIpc) is 3.02. The molecule has 2 N–H and O–H groups in total. The summed E-state index contributed by atoms with van der Waals surface area (Å²) in [7, 11) is 3.30. The lowest BCUT2D eigenvalue weighted by Gasteiger charge is -2.38. The second-order valence-electron chi connectivity index (χ2n) is 10.2. The lowest BCUT2D eigenvalue weighted by atomic mass is 9.85. The highest BCUT2D eigenvalue weighted by molar-refractivity contribution is 5.89. The van der Waals surface area contributed by atoms with E-state index in [1.165, 1.54) is 5.56 Å². The maximum Gasteiger partial charge on any atom is 0.184 e. The predicted molar refractivity (Wildman–Crippen MR) is 159 cm³/mol. The van der Waals surface area contributed by atoms with Crippen molar-refractivity contribution in [3.63, 3.8) is 0 Å². The molecule has 1 fully saturated rings. The summed E-state index contributed by atoms with van der Waals surface area (Å²) < 4.78 is 29.7. The van der Waals surface area contributed by atoms with E-state index >= 15 is 0 Å². The first-order valence-electron chi connectivity index (χ1n) is 14.1. The van der Waals surface area contributed by atoms with Crippen LogP contribution in [0.3, 0.4) is 0 Å². The van der Waals surface area contributed by atoms with E-state index in [0.717, 1.165) is 39.8 Å². The molecule has 7 nitrogen and oxygen atoms in total. The zero-order valence-electron chi connectivity index (χ0n) is 23.7. The summed E-state index contributed by atoms with van der Waals surface area (Å²) in [6.45, 7) is 2.90. The van der Waals surface area contributed by atoms with Gasteiger partial charge in [0.2, 0.25) is 0 Å². The lowest BCUT2D eigenvalue weighted by molar-refractivity contribution is -0.176. The third-order valence-electron chi connectivity index (χ3n) is 7.44. The zero-order chi connectivity index (χ0) is 28.4. The van der Waals surface area contributed by atoms with E-state index in [2.05, 4.69) is 23.5 Å². The van der Waals surface area contributed by atoms with Gasteiger partial charge in [-0.2, -0.15) is 0 Å². The average molecular weight is 558 g/mol. The molecule has 41 heavy (non-hydrogen) atoms. The highest BCUT2D eigenvalue weighted by atomic mass is 16.7. The Hall–Kier alpha value is -3.46. The van der Waals surface area contributed by atoms with Crippen LogP contribution in [0, 0.1) is 0 Å². The molecule has 216 valence electrons. The first-order valence-corrected chi connectivity index (χ1v) is 14.1. The van der Waals surface area contributed by atoms with Crippen molar-refractivity contribution in [2.75, 3.05) is 40.5 Å². The number of β-amino-alcohol motifs (C(OH)–C–C–N with tert-alkyl or cyclic N) is 1. The summed E-state index contributed by atoms with van der Waals surface area (Å²) in [5.41, 5.74) is 3.02. The van der Waals surface area contributed by atoms with Crippen molar-refractivity contribution in [2.24, 2.45) is 0 Å². The Balaban J connectivity index is 1.20. The number of hydrogen-bond donors (Lipinski definition) is 2. The van der Waals surface area contributed by atoms with E-state index in [-0.39, 0.29) is 12.0 Å². The minimum absolute atomic E-state index is 0.225. The Morgan fingerprint density at radius 3 is 2.44 bits per heavy atom. The van der Waals surface area contributed by atoms with Gasteiger partial charge >= 0.3 is 0 Å². The van der Waals surface area contributed by atoms with Gasteiger partial charge in [0.25, 0.3) is 0 Å². The molecule has 4 atom stereocenters. The molecule has 0 amide bonds. The molecule has 0 radical (unpaired) electrons. The highest BCUT2D eigenvalue weighted by Crippen LogP contribution is 2.36. The normalized spacial score (nSPS) is 19.6. The van der Waals surface area contributed by atoms with Crippen LogP contribution in [0.15, 0.2) is 91.0 Å². The molecule has 7 heteroatoms. The van der Waals surface area contributed by atoms with E-state index in [1.807, 2.05) is 72.8 Å². The molecule has 4 unspecified atom stereocenters. The number of rotatable bonds is 13. The highest BCUT2D eigenvalue weighted by Gasteiger charge is 2.36. The molecule has 5 rings (SSSR count). The number of ether oxygens (including phenoxy) is 5. The fourth-order valence-electron chi connectivity index (χ4n) is 5.38. The predicted octanol–water partition coefficient (Wildman–Crippen LogP) is 5.61. The van der Waals surface area contributed by atoms with Crippen LogP contribution in [-0.2, 0) is 20.8 Å². The van der Waals surface area contributed by atoms with Gasteiger partial charge in [-0.05, 0) is 40.8 Å². The molecule has 4 aromatic rings. The molecular weight excluding hydrogens is 518 g/mol. The zero-order valence-corrected chi connectivity index (χ0v) is 23.7. The smallest absolute Gasteiger partial charge is 0.184 e. The fourth-order valence-corrected chi connectivity index (χ4v) is 5.38. The molecule has 1 aliphatic heterocycles. The number of aliphatic hydroxyl groups is 1. The Kier molecular flexibility index (Phi) is 10.2. The SMILES string of the molecule is COc1cc(C(OC)OC2CNCC(O)C2c2ccc(OCCCOCc3ccccc3)cc2)cc2ccccc12. The Labute approximate surface area is 242 Å². The largest absolute Gasteiger partial charge is 0.496 e. The van der Waals surface area contributed by atoms with Crippen LogP contribution < -0.4 is 14.8 Å². The number of fused-ring (bicyclic) bond motifs is 1. The van der Waals surface area contributed by atoms with Crippen molar-refractivity contribution in [3.8, 4) is 11.5 Å². The van der Waals surface area contributed by atoms with Crippen molar-refractivity contribution in [1.29, 1.82) is 0 Å². The summed E-state index contributed by atoms with van der Waals surface area (Å²) in [5.74, 6) is 1.33. The second-order valence-corrected chi connectivity index (χ2v) is 10.2. The van der Waals surface area contributed by atoms with Crippen molar-refractivity contribution in [3.05, 3.63) is 108 Å². The quantitative estimate of drug-likeness (QED) is 0.163. The van der Waals surface area contributed by atoms with Crippen LogP contribution in [0.5, 0.6) is 11.5 Å². The summed E-state index contributed by atoms with van der Waals surface area (Å²) in [4.78, 5) is 0. The monoisotopic (exact) mass is 557 g/mol. The molecule has 0 saturated carbocycles. The van der Waals surface area contributed by atoms with E-state index in [0.29, 0.717) is 32.9 Å². The molecule has 1 saturated heterocycles. The third kappa shape index (κ3) is 7.44. The molecule has 1 heterocycles. The van der Waals surface area contributed by atoms with Gasteiger partial charge < -0.3 is 34.1 Å².